The summed E-state index contributed by atoms with van der Waals surface area (Å²) in [5.41, 5.74) is 0. The maximum Gasteiger partial charge on any atom is 0.315 e. The molecular weight excluding hydrogens is 180 g/mol. The molecule has 0 saturated heterocycles. The second-order valence-corrected chi connectivity index (χ2v) is 2.63. The first-order valence-electron chi connectivity index (χ1n) is 4.81. The zero-order chi connectivity index (χ0) is 10.2. The quantitative estimate of drug-likeness (QED) is 0.654. The minimum atomic E-state index is -0.604. The molecule has 3 nitrogen and oxygen atoms in total. The maximum absolute atomic E-state index is 5.45. The molecule has 0 saturated carbocycles. The van der Waals surface area contributed by atoms with E-state index in [0.29, 0.717) is 13.2 Å². The van der Waals surface area contributed by atoms with Gasteiger partial charge in [-0.25, -0.2) is 0 Å². The fourth-order valence-electron chi connectivity index (χ4n) is 0.998. The minimum Gasteiger partial charge on any atom is -0.441 e. The van der Waals surface area contributed by atoms with Crippen LogP contribution in [-0.2, 0) is 9.47 Å². The van der Waals surface area contributed by atoms with E-state index in [2.05, 4.69) is 0 Å². The molecule has 78 valence electrons. The summed E-state index contributed by atoms with van der Waals surface area (Å²) in [6.45, 7) is 4.34. The molecule has 0 aliphatic carbocycles. The summed E-state index contributed by atoms with van der Waals surface area (Å²) in [7, 11) is 0. The fraction of sp³-hybridized carbons (Fsp3) is 0.455. The summed E-state index contributed by atoms with van der Waals surface area (Å²) in [6.07, 6.45) is 0. The van der Waals surface area contributed by atoms with Crippen LogP contribution in [0.3, 0.4) is 0 Å². The number of ether oxygens (including phenoxy) is 3. The summed E-state index contributed by atoms with van der Waals surface area (Å²) < 4.78 is 15.9. The van der Waals surface area contributed by atoms with E-state index in [1.807, 2.05) is 44.2 Å². The van der Waals surface area contributed by atoms with Gasteiger partial charge in [0.25, 0.3) is 0 Å². The lowest BCUT2D eigenvalue weighted by molar-refractivity contribution is -0.242. The van der Waals surface area contributed by atoms with Crippen molar-refractivity contribution in [3.05, 3.63) is 30.3 Å². The second kappa shape index (κ2) is 6.40. The van der Waals surface area contributed by atoms with E-state index in [1.165, 1.54) is 0 Å². The average Bonchev–Trinajstić information content (AvgIpc) is 2.20. The molecule has 1 aromatic rings. The van der Waals surface area contributed by atoms with Crippen LogP contribution in [0.15, 0.2) is 30.3 Å². The van der Waals surface area contributed by atoms with Gasteiger partial charge in [0, 0.05) is 0 Å². The number of hydrogen-bond acceptors (Lipinski definition) is 3. The normalized spacial score (nSPS) is 10.5. The Bertz CT molecular complexity index is 230. The van der Waals surface area contributed by atoms with Crippen LogP contribution >= 0.6 is 0 Å². The number of rotatable bonds is 6. The zero-order valence-corrected chi connectivity index (χ0v) is 8.60. The summed E-state index contributed by atoms with van der Waals surface area (Å²) >= 11 is 0. The van der Waals surface area contributed by atoms with E-state index in [9.17, 15) is 0 Å². The van der Waals surface area contributed by atoms with Gasteiger partial charge in [-0.3, -0.25) is 0 Å². The highest BCUT2D eigenvalue weighted by molar-refractivity contribution is 5.20. The first-order chi connectivity index (χ1) is 6.86. The molecule has 1 aromatic carbocycles. The summed E-state index contributed by atoms with van der Waals surface area (Å²) in [5, 5.41) is 0. The Morgan fingerprint density at radius 2 is 1.57 bits per heavy atom. The molecule has 0 heterocycles. The molecule has 0 amide bonds. The standard InChI is InChI=1S/C11H16O3/c1-3-12-11(13-4-2)14-10-8-6-5-7-9-10/h5-9,11H,3-4H2,1-2H3. The third-order valence-corrected chi connectivity index (χ3v) is 1.58. The molecule has 0 aliphatic rings. The van der Waals surface area contributed by atoms with Crippen LogP contribution in [0.4, 0.5) is 0 Å². The van der Waals surface area contributed by atoms with Gasteiger partial charge in [0.15, 0.2) is 0 Å². The Balaban J connectivity index is 2.46. The second-order valence-electron chi connectivity index (χ2n) is 2.63. The largest absolute Gasteiger partial charge is 0.441 e. The average molecular weight is 196 g/mol. The van der Waals surface area contributed by atoms with Crippen LogP contribution < -0.4 is 4.74 Å². The Hall–Kier alpha value is -1.06. The smallest absolute Gasteiger partial charge is 0.315 e. The molecule has 0 spiro atoms. The Kier molecular flexibility index (Phi) is 5.04. The van der Waals surface area contributed by atoms with Crippen LogP contribution in [0, 0.1) is 0 Å². The van der Waals surface area contributed by atoms with Gasteiger partial charge in [-0.15, -0.1) is 0 Å². The highest BCUT2D eigenvalue weighted by Crippen LogP contribution is 2.11. The van der Waals surface area contributed by atoms with Gasteiger partial charge in [-0.1, -0.05) is 18.2 Å². The molecule has 0 aliphatic heterocycles. The Labute approximate surface area is 84.6 Å². The molecule has 1 rings (SSSR count). The molecule has 0 aromatic heterocycles. The minimum absolute atomic E-state index is 0.567. The molecule has 14 heavy (non-hydrogen) atoms. The topological polar surface area (TPSA) is 27.7 Å². The lowest BCUT2D eigenvalue weighted by Gasteiger charge is -2.17. The van der Waals surface area contributed by atoms with Gasteiger partial charge in [0.2, 0.25) is 0 Å². The van der Waals surface area contributed by atoms with Gasteiger partial charge < -0.3 is 14.2 Å². The first kappa shape index (κ1) is 11.0. The van der Waals surface area contributed by atoms with Crippen molar-refractivity contribution < 1.29 is 14.2 Å². The van der Waals surface area contributed by atoms with Crippen molar-refractivity contribution in [2.24, 2.45) is 0 Å². The van der Waals surface area contributed by atoms with E-state index in [4.69, 9.17) is 14.2 Å². The molecule has 0 fully saturated rings. The van der Waals surface area contributed by atoms with Crippen LogP contribution in [0.25, 0.3) is 0 Å². The molecule has 0 unspecified atom stereocenters. The lowest BCUT2D eigenvalue weighted by Crippen LogP contribution is -2.24. The maximum atomic E-state index is 5.45. The number of hydrogen-bond donors (Lipinski definition) is 0. The SMILES string of the molecule is CCOC(OCC)Oc1ccccc1. The Morgan fingerprint density at radius 3 is 2.07 bits per heavy atom. The number of benzene rings is 1. The van der Waals surface area contributed by atoms with Crippen LogP contribution in [-0.4, -0.2) is 19.7 Å². The van der Waals surface area contributed by atoms with Crippen molar-refractivity contribution in [1.82, 2.24) is 0 Å². The van der Waals surface area contributed by atoms with Crippen molar-refractivity contribution in [3.63, 3.8) is 0 Å². The summed E-state index contributed by atoms with van der Waals surface area (Å²) in [4.78, 5) is 0. The predicted molar refractivity (Wildman–Crippen MR) is 54.1 cm³/mol. The number of para-hydroxylation sites is 1. The van der Waals surface area contributed by atoms with Crippen molar-refractivity contribution in [1.29, 1.82) is 0 Å². The van der Waals surface area contributed by atoms with E-state index in [-0.39, 0.29) is 0 Å². The summed E-state index contributed by atoms with van der Waals surface area (Å²) in [6, 6.07) is 9.48. The van der Waals surface area contributed by atoms with Crippen LogP contribution in [0.5, 0.6) is 5.75 Å². The summed E-state index contributed by atoms with van der Waals surface area (Å²) in [5.74, 6) is 0.749. The highest BCUT2D eigenvalue weighted by atomic mass is 16.8. The fourth-order valence-corrected chi connectivity index (χ4v) is 0.998. The van der Waals surface area contributed by atoms with Crippen LogP contribution in [0.2, 0.25) is 0 Å². The lowest BCUT2D eigenvalue weighted by atomic mass is 10.3. The first-order valence-corrected chi connectivity index (χ1v) is 4.81. The van der Waals surface area contributed by atoms with E-state index >= 15 is 0 Å². The molecule has 0 radical (unpaired) electrons. The van der Waals surface area contributed by atoms with Crippen molar-refractivity contribution in [2.75, 3.05) is 13.2 Å². The van der Waals surface area contributed by atoms with Crippen LogP contribution in [0.1, 0.15) is 13.8 Å². The van der Waals surface area contributed by atoms with Crippen molar-refractivity contribution in [3.8, 4) is 5.75 Å². The van der Waals surface area contributed by atoms with Gasteiger partial charge in [-0.05, 0) is 26.0 Å². The molecular formula is C11H16O3. The van der Waals surface area contributed by atoms with Crippen molar-refractivity contribution in [2.45, 2.75) is 20.3 Å². The third kappa shape index (κ3) is 3.77. The van der Waals surface area contributed by atoms with Gasteiger partial charge in [-0.2, -0.15) is 0 Å². The zero-order valence-electron chi connectivity index (χ0n) is 8.60. The van der Waals surface area contributed by atoms with E-state index in [1.54, 1.807) is 0 Å². The molecule has 0 bridgehead atoms. The molecule has 0 N–H and O–H groups in total. The highest BCUT2D eigenvalue weighted by Gasteiger charge is 2.08. The van der Waals surface area contributed by atoms with E-state index in [0.717, 1.165) is 5.75 Å². The Morgan fingerprint density at radius 1 is 1.00 bits per heavy atom. The van der Waals surface area contributed by atoms with Gasteiger partial charge >= 0.3 is 6.48 Å². The van der Waals surface area contributed by atoms with Crippen molar-refractivity contribution >= 4 is 0 Å². The van der Waals surface area contributed by atoms with Gasteiger partial charge in [0.1, 0.15) is 5.75 Å². The van der Waals surface area contributed by atoms with Gasteiger partial charge in [0.05, 0.1) is 13.2 Å². The molecule has 0 atom stereocenters. The predicted octanol–water partition coefficient (Wildman–Crippen LogP) is 2.42. The van der Waals surface area contributed by atoms with E-state index < -0.39 is 6.48 Å². The monoisotopic (exact) mass is 196 g/mol. The third-order valence-electron chi connectivity index (χ3n) is 1.58. The molecule has 3 heteroatoms.